The summed E-state index contributed by atoms with van der Waals surface area (Å²) in [4.78, 5) is 25.9. The highest BCUT2D eigenvalue weighted by Gasteiger charge is 2.79. The summed E-state index contributed by atoms with van der Waals surface area (Å²) in [5.74, 6) is -0.522. The molecule has 0 aromatic rings. The highest BCUT2D eigenvalue weighted by atomic mass is 16.5. The zero-order chi connectivity index (χ0) is 18.5. The Bertz CT molecular complexity index is 730. The quantitative estimate of drug-likeness (QED) is 0.575. The molecule has 0 radical (unpaired) electrons. The molecule has 142 valence electrons. The lowest BCUT2D eigenvalue weighted by Crippen LogP contribution is -2.58. The predicted octanol–water partition coefficient (Wildman–Crippen LogP) is 2.62. The monoisotopic (exact) mass is 360 g/mol. The fourth-order valence-electron chi connectivity index (χ4n) is 8.28. The molecule has 0 aromatic carbocycles. The van der Waals surface area contributed by atoms with E-state index in [0.29, 0.717) is 25.9 Å². The molecular weight excluding hydrogens is 332 g/mol. The Labute approximate surface area is 154 Å². The van der Waals surface area contributed by atoms with Crippen molar-refractivity contribution >= 4 is 11.9 Å². The van der Waals surface area contributed by atoms with Crippen LogP contribution in [0.2, 0.25) is 0 Å². The van der Waals surface area contributed by atoms with E-state index in [-0.39, 0.29) is 40.5 Å². The highest BCUT2D eigenvalue weighted by Crippen LogP contribution is 2.79. The smallest absolute Gasteiger partial charge is 0.312 e. The second-order valence-corrected chi connectivity index (χ2v) is 9.87. The lowest BCUT2D eigenvalue weighted by atomic mass is 9.51. The molecule has 5 rings (SSSR count). The van der Waals surface area contributed by atoms with Crippen LogP contribution in [-0.4, -0.2) is 36.4 Å². The van der Waals surface area contributed by atoms with Crippen LogP contribution in [0.3, 0.4) is 0 Å². The Hall–Kier alpha value is -1.36. The van der Waals surface area contributed by atoms with Crippen molar-refractivity contribution in [2.24, 2.45) is 34.0 Å². The molecule has 4 aliphatic carbocycles. The molecule has 0 unspecified atom stereocenters. The number of methoxy groups -OCH3 is 1. The van der Waals surface area contributed by atoms with E-state index in [9.17, 15) is 14.7 Å². The highest BCUT2D eigenvalue weighted by molar-refractivity contribution is 5.82. The molecule has 4 saturated carbocycles. The number of ether oxygens (including phenoxy) is 2. The van der Waals surface area contributed by atoms with Crippen molar-refractivity contribution in [1.82, 2.24) is 0 Å². The Kier molecular flexibility index (Phi) is 3.05. The largest absolute Gasteiger partial charge is 0.469 e. The van der Waals surface area contributed by atoms with Crippen LogP contribution in [0.5, 0.6) is 0 Å². The minimum absolute atomic E-state index is 0.0595. The van der Waals surface area contributed by atoms with Crippen LogP contribution in [-0.2, 0) is 19.1 Å². The van der Waals surface area contributed by atoms with E-state index in [4.69, 9.17) is 9.47 Å². The van der Waals surface area contributed by atoms with E-state index in [1.165, 1.54) is 7.11 Å². The number of cyclic esters (lactones) is 1. The van der Waals surface area contributed by atoms with Crippen LogP contribution < -0.4 is 0 Å². The summed E-state index contributed by atoms with van der Waals surface area (Å²) in [6.07, 6.45) is 5.56. The molecular formula is C21H28O5. The number of carbonyl (C=O) groups is 2. The van der Waals surface area contributed by atoms with E-state index in [0.717, 1.165) is 31.3 Å². The fourth-order valence-corrected chi connectivity index (χ4v) is 8.28. The molecule has 1 spiro atoms. The molecule has 1 aliphatic heterocycles. The number of aliphatic hydroxyl groups is 1. The third-order valence-electron chi connectivity index (χ3n) is 9.05. The van der Waals surface area contributed by atoms with E-state index in [1.807, 2.05) is 6.92 Å². The third kappa shape index (κ3) is 1.59. The van der Waals surface area contributed by atoms with Crippen molar-refractivity contribution in [3.63, 3.8) is 0 Å². The molecule has 5 aliphatic rings. The van der Waals surface area contributed by atoms with Gasteiger partial charge in [-0.05, 0) is 68.3 Å². The van der Waals surface area contributed by atoms with Gasteiger partial charge in [-0.25, -0.2) is 0 Å². The van der Waals surface area contributed by atoms with Gasteiger partial charge in [-0.2, -0.15) is 0 Å². The summed E-state index contributed by atoms with van der Waals surface area (Å²) in [6.45, 7) is 6.58. The summed E-state index contributed by atoms with van der Waals surface area (Å²) in [7, 11) is 1.44. The topological polar surface area (TPSA) is 72.8 Å². The van der Waals surface area contributed by atoms with Crippen LogP contribution in [0.25, 0.3) is 0 Å². The standard InChI is InChI=1S/C21H28O5/c1-12-9-20-10-21(12,24)8-5-13(20)19-7-4-6-18(2,17(23)26-11-19)15(19)14(20)16(22)25-3/h13-15,24H,1,4-11H2,2-3H3/t13-,14+,15+,18+,19+,20-,21-/m0/s1. The van der Waals surface area contributed by atoms with Crippen LogP contribution in [0.15, 0.2) is 12.2 Å². The molecule has 1 saturated heterocycles. The molecule has 5 nitrogen and oxygen atoms in total. The molecule has 0 amide bonds. The Morgan fingerprint density at radius 2 is 2.08 bits per heavy atom. The predicted molar refractivity (Wildman–Crippen MR) is 92.8 cm³/mol. The first kappa shape index (κ1) is 16.8. The number of esters is 2. The molecule has 7 atom stereocenters. The van der Waals surface area contributed by atoms with Crippen molar-refractivity contribution in [3.05, 3.63) is 12.2 Å². The van der Waals surface area contributed by atoms with Gasteiger partial charge in [0.05, 0.1) is 30.7 Å². The number of hydrogen-bond acceptors (Lipinski definition) is 5. The van der Waals surface area contributed by atoms with Gasteiger partial charge in [-0.1, -0.05) is 13.0 Å². The van der Waals surface area contributed by atoms with E-state index >= 15 is 0 Å². The summed E-state index contributed by atoms with van der Waals surface area (Å²) in [6, 6.07) is 0. The summed E-state index contributed by atoms with van der Waals surface area (Å²) in [5, 5.41) is 11.1. The average molecular weight is 360 g/mol. The molecule has 5 fully saturated rings. The van der Waals surface area contributed by atoms with Gasteiger partial charge in [0, 0.05) is 5.41 Å². The van der Waals surface area contributed by atoms with E-state index in [2.05, 4.69) is 6.58 Å². The summed E-state index contributed by atoms with van der Waals surface area (Å²) >= 11 is 0. The van der Waals surface area contributed by atoms with Gasteiger partial charge in [0.25, 0.3) is 0 Å². The van der Waals surface area contributed by atoms with Gasteiger partial charge in [0.15, 0.2) is 0 Å². The van der Waals surface area contributed by atoms with Gasteiger partial charge < -0.3 is 14.6 Å². The first-order valence-corrected chi connectivity index (χ1v) is 9.89. The van der Waals surface area contributed by atoms with Crippen molar-refractivity contribution in [1.29, 1.82) is 0 Å². The summed E-state index contributed by atoms with van der Waals surface area (Å²) < 4.78 is 11.0. The number of hydrogen-bond donors (Lipinski definition) is 1. The molecule has 1 N–H and O–H groups in total. The second-order valence-electron chi connectivity index (χ2n) is 9.87. The lowest BCUT2D eigenvalue weighted by Gasteiger charge is -2.55. The van der Waals surface area contributed by atoms with Crippen LogP contribution >= 0.6 is 0 Å². The van der Waals surface area contributed by atoms with Gasteiger partial charge in [0.1, 0.15) is 0 Å². The SMILES string of the molecule is C=C1C[C@]23C[C@@]1(O)CC[C@H]2[C@@]12CCC[C@@](C)(C(=O)OC1)[C@H]2[C@@H]3C(=O)OC. The van der Waals surface area contributed by atoms with Crippen LogP contribution in [0, 0.1) is 34.0 Å². The van der Waals surface area contributed by atoms with Crippen LogP contribution in [0.1, 0.15) is 51.9 Å². The van der Waals surface area contributed by atoms with Crippen molar-refractivity contribution in [3.8, 4) is 0 Å². The van der Waals surface area contributed by atoms with Crippen LogP contribution in [0.4, 0.5) is 0 Å². The molecule has 5 heteroatoms. The first-order valence-electron chi connectivity index (χ1n) is 9.89. The molecule has 1 heterocycles. The molecule has 26 heavy (non-hydrogen) atoms. The second kappa shape index (κ2) is 4.73. The molecule has 4 bridgehead atoms. The van der Waals surface area contributed by atoms with E-state index < -0.39 is 11.0 Å². The number of fused-ring (bicyclic) bond motifs is 1. The Balaban J connectivity index is 1.75. The minimum atomic E-state index is -0.868. The first-order chi connectivity index (χ1) is 12.2. The Morgan fingerprint density at radius 1 is 1.31 bits per heavy atom. The summed E-state index contributed by atoms with van der Waals surface area (Å²) in [5.41, 5.74) is -1.15. The van der Waals surface area contributed by atoms with Gasteiger partial charge in [0.2, 0.25) is 0 Å². The zero-order valence-corrected chi connectivity index (χ0v) is 15.7. The zero-order valence-electron chi connectivity index (χ0n) is 15.7. The van der Waals surface area contributed by atoms with Crippen molar-refractivity contribution in [2.75, 3.05) is 13.7 Å². The molecule has 0 aromatic heterocycles. The average Bonchev–Trinajstić information content (AvgIpc) is 2.96. The van der Waals surface area contributed by atoms with Gasteiger partial charge in [-0.3, -0.25) is 9.59 Å². The van der Waals surface area contributed by atoms with Crippen molar-refractivity contribution < 1.29 is 24.2 Å². The minimum Gasteiger partial charge on any atom is -0.469 e. The maximum atomic E-state index is 13.1. The lowest BCUT2D eigenvalue weighted by molar-refractivity contribution is -0.201. The van der Waals surface area contributed by atoms with Gasteiger partial charge >= 0.3 is 11.9 Å². The Morgan fingerprint density at radius 3 is 2.81 bits per heavy atom. The number of rotatable bonds is 1. The fraction of sp³-hybridized carbons (Fsp3) is 0.810. The normalized spacial score (nSPS) is 54.3. The van der Waals surface area contributed by atoms with E-state index in [1.54, 1.807) is 0 Å². The third-order valence-corrected chi connectivity index (χ3v) is 9.05. The maximum absolute atomic E-state index is 13.1. The van der Waals surface area contributed by atoms with Crippen molar-refractivity contribution in [2.45, 2.75) is 57.5 Å². The van der Waals surface area contributed by atoms with Gasteiger partial charge in [-0.15, -0.1) is 0 Å². The number of carbonyl (C=O) groups excluding carboxylic acids is 2. The maximum Gasteiger partial charge on any atom is 0.312 e.